The zero-order valence-electron chi connectivity index (χ0n) is 15.0. The molecule has 4 rings (SSSR count). The van der Waals surface area contributed by atoms with Crippen LogP contribution in [0.2, 0.25) is 0 Å². The summed E-state index contributed by atoms with van der Waals surface area (Å²) in [5, 5.41) is 7.55. The largest absolute Gasteiger partial charge is 0.321 e. The van der Waals surface area contributed by atoms with E-state index in [9.17, 15) is 9.18 Å². The molecule has 1 heterocycles. The highest BCUT2D eigenvalue weighted by Crippen LogP contribution is 2.28. The van der Waals surface area contributed by atoms with E-state index >= 15 is 0 Å². The highest BCUT2D eigenvalue weighted by Gasteiger charge is 2.25. The van der Waals surface area contributed by atoms with Gasteiger partial charge in [-0.05, 0) is 80.5 Å². The second-order valence-corrected chi connectivity index (χ2v) is 7.43. The van der Waals surface area contributed by atoms with E-state index < -0.39 is 0 Å². The van der Waals surface area contributed by atoms with Gasteiger partial charge >= 0.3 is 0 Å². The normalized spacial score (nSPS) is 13.3. The first kappa shape index (κ1) is 17.8. The van der Waals surface area contributed by atoms with Crippen LogP contribution in [0.15, 0.2) is 53.4 Å². The minimum absolute atomic E-state index is 0.203. The quantitative estimate of drug-likeness (QED) is 0.656. The highest BCUT2D eigenvalue weighted by atomic mass is 32.2. The molecule has 6 heteroatoms. The number of nitrogens with one attached hydrogen (secondary N) is 1. The second-order valence-electron chi connectivity index (χ2n) is 6.55. The van der Waals surface area contributed by atoms with Crippen molar-refractivity contribution in [1.82, 2.24) is 9.78 Å². The van der Waals surface area contributed by atoms with E-state index in [1.807, 2.05) is 30.5 Å². The number of hydrogen-bond acceptors (Lipinski definition) is 3. The van der Waals surface area contributed by atoms with Crippen LogP contribution in [0, 0.1) is 5.82 Å². The molecule has 4 nitrogen and oxygen atoms in total. The Morgan fingerprint density at radius 2 is 1.78 bits per heavy atom. The molecule has 3 aromatic rings. The molecule has 0 fully saturated rings. The van der Waals surface area contributed by atoms with E-state index in [0.29, 0.717) is 5.69 Å². The summed E-state index contributed by atoms with van der Waals surface area (Å²) in [6, 6.07) is 14.0. The van der Waals surface area contributed by atoms with Crippen molar-refractivity contribution in [3.8, 4) is 5.69 Å². The maximum Gasteiger partial charge on any atom is 0.276 e. The number of fused-ring (bicyclic) bond motifs is 1. The molecule has 2 aromatic carbocycles. The Hall–Kier alpha value is -2.60. The summed E-state index contributed by atoms with van der Waals surface area (Å²) >= 11 is 1.66. The van der Waals surface area contributed by atoms with Crippen LogP contribution >= 0.6 is 11.8 Å². The van der Waals surface area contributed by atoms with Crippen LogP contribution < -0.4 is 5.32 Å². The number of halogens is 1. The summed E-state index contributed by atoms with van der Waals surface area (Å²) in [5.41, 5.74) is 4.04. The number of thioether (sulfide) groups is 1. The van der Waals surface area contributed by atoms with Crippen molar-refractivity contribution in [1.29, 1.82) is 0 Å². The molecular formula is C21H20FN3OS. The fourth-order valence-corrected chi connectivity index (χ4v) is 3.85. The number of amides is 1. The van der Waals surface area contributed by atoms with E-state index in [1.165, 1.54) is 12.1 Å². The lowest BCUT2D eigenvalue weighted by Gasteiger charge is -2.14. The Kier molecular flexibility index (Phi) is 4.99. The summed E-state index contributed by atoms with van der Waals surface area (Å²) in [6.07, 6.45) is 5.84. The Bertz CT molecular complexity index is 964. The molecule has 0 saturated carbocycles. The van der Waals surface area contributed by atoms with Crippen molar-refractivity contribution in [2.75, 3.05) is 11.6 Å². The summed E-state index contributed by atoms with van der Waals surface area (Å²) in [4.78, 5) is 14.0. The summed E-state index contributed by atoms with van der Waals surface area (Å²) in [5.74, 6) is -0.489. The minimum atomic E-state index is -0.286. The van der Waals surface area contributed by atoms with E-state index in [-0.39, 0.29) is 11.7 Å². The number of hydrogen-bond donors (Lipinski definition) is 1. The van der Waals surface area contributed by atoms with Crippen LogP contribution in [0.25, 0.3) is 5.69 Å². The smallest absolute Gasteiger partial charge is 0.276 e. The third-order valence-corrected chi connectivity index (χ3v) is 5.56. The molecule has 0 saturated heterocycles. The third-order valence-electron chi connectivity index (χ3n) is 4.81. The topological polar surface area (TPSA) is 46.9 Å². The zero-order chi connectivity index (χ0) is 18.8. The number of anilines is 1. The summed E-state index contributed by atoms with van der Waals surface area (Å²) < 4.78 is 15.1. The van der Waals surface area contributed by atoms with Crippen LogP contribution in [0.3, 0.4) is 0 Å². The molecule has 0 radical (unpaired) electrons. The molecule has 0 bridgehead atoms. The predicted octanol–water partition coefficient (Wildman–Crippen LogP) is 4.86. The van der Waals surface area contributed by atoms with Gasteiger partial charge in [0.2, 0.25) is 0 Å². The van der Waals surface area contributed by atoms with Gasteiger partial charge in [-0.1, -0.05) is 0 Å². The molecule has 0 atom stereocenters. The zero-order valence-corrected chi connectivity index (χ0v) is 15.9. The van der Waals surface area contributed by atoms with Crippen LogP contribution in [0.4, 0.5) is 10.1 Å². The van der Waals surface area contributed by atoms with E-state index in [0.717, 1.165) is 53.2 Å². The summed E-state index contributed by atoms with van der Waals surface area (Å²) in [6.45, 7) is 0. The number of aromatic nitrogens is 2. The van der Waals surface area contributed by atoms with E-state index in [4.69, 9.17) is 0 Å². The molecule has 1 N–H and O–H groups in total. The molecule has 27 heavy (non-hydrogen) atoms. The van der Waals surface area contributed by atoms with Crippen molar-refractivity contribution in [3.05, 3.63) is 71.3 Å². The lowest BCUT2D eigenvalue weighted by Crippen LogP contribution is -2.15. The van der Waals surface area contributed by atoms with Gasteiger partial charge in [0.15, 0.2) is 5.69 Å². The van der Waals surface area contributed by atoms with Gasteiger partial charge in [0, 0.05) is 21.8 Å². The van der Waals surface area contributed by atoms with Crippen LogP contribution in [-0.2, 0) is 12.8 Å². The molecule has 0 spiro atoms. The van der Waals surface area contributed by atoms with E-state index in [1.54, 1.807) is 28.6 Å². The fourth-order valence-electron chi connectivity index (χ4n) is 3.44. The third kappa shape index (κ3) is 3.62. The van der Waals surface area contributed by atoms with Crippen LogP contribution in [0.1, 0.15) is 34.6 Å². The van der Waals surface area contributed by atoms with E-state index in [2.05, 4.69) is 10.4 Å². The van der Waals surface area contributed by atoms with Crippen molar-refractivity contribution < 1.29 is 9.18 Å². The first-order valence-electron chi connectivity index (χ1n) is 8.98. The van der Waals surface area contributed by atoms with Gasteiger partial charge in [0.05, 0.1) is 5.69 Å². The average molecular weight is 381 g/mol. The Morgan fingerprint density at radius 3 is 2.48 bits per heavy atom. The maximum atomic E-state index is 13.3. The molecule has 1 aliphatic rings. The van der Waals surface area contributed by atoms with Crippen LogP contribution in [-0.4, -0.2) is 21.9 Å². The first-order valence-corrected chi connectivity index (χ1v) is 10.2. The Labute approximate surface area is 161 Å². The van der Waals surface area contributed by atoms with Gasteiger partial charge in [0.25, 0.3) is 5.91 Å². The Morgan fingerprint density at radius 1 is 1.07 bits per heavy atom. The SMILES string of the molecule is CSc1ccc(NC(=O)c2nn(-c3ccc(F)cc3)c3c2CCCC3)cc1. The standard InChI is InChI=1S/C21H20FN3OS/c1-27-17-12-8-15(9-13-17)23-21(26)20-18-4-2-3-5-19(18)25(24-20)16-10-6-14(22)7-11-16/h6-13H,2-5H2,1H3,(H,23,26). The molecule has 1 amide bonds. The number of carbonyl (C=O) groups is 1. The second kappa shape index (κ2) is 7.56. The fraction of sp³-hybridized carbons (Fsp3) is 0.238. The molecule has 138 valence electrons. The van der Waals surface area contributed by atoms with Gasteiger partial charge in [-0.3, -0.25) is 4.79 Å². The van der Waals surface area contributed by atoms with Crippen LogP contribution in [0.5, 0.6) is 0 Å². The van der Waals surface area contributed by atoms with Gasteiger partial charge in [0.1, 0.15) is 5.82 Å². The van der Waals surface area contributed by atoms with Crippen molar-refractivity contribution in [2.45, 2.75) is 30.6 Å². The number of nitrogens with zero attached hydrogens (tertiary/aromatic N) is 2. The maximum absolute atomic E-state index is 13.3. The predicted molar refractivity (Wildman–Crippen MR) is 106 cm³/mol. The van der Waals surface area contributed by atoms with Gasteiger partial charge in [-0.25, -0.2) is 9.07 Å². The molecule has 0 aliphatic heterocycles. The lowest BCUT2D eigenvalue weighted by atomic mass is 9.95. The lowest BCUT2D eigenvalue weighted by molar-refractivity contribution is 0.102. The first-order chi connectivity index (χ1) is 13.2. The molecule has 0 unspecified atom stereocenters. The van der Waals surface area contributed by atoms with Gasteiger partial charge < -0.3 is 5.32 Å². The summed E-state index contributed by atoms with van der Waals surface area (Å²) in [7, 11) is 0. The van der Waals surface area contributed by atoms with Crippen molar-refractivity contribution >= 4 is 23.4 Å². The average Bonchev–Trinajstić information content (AvgIpc) is 3.09. The number of rotatable bonds is 4. The monoisotopic (exact) mass is 381 g/mol. The molecule has 1 aliphatic carbocycles. The highest BCUT2D eigenvalue weighted by molar-refractivity contribution is 7.98. The van der Waals surface area contributed by atoms with Crippen molar-refractivity contribution in [2.24, 2.45) is 0 Å². The van der Waals surface area contributed by atoms with Gasteiger partial charge in [-0.15, -0.1) is 11.8 Å². The van der Waals surface area contributed by atoms with Crippen molar-refractivity contribution in [3.63, 3.8) is 0 Å². The number of benzene rings is 2. The molecular weight excluding hydrogens is 361 g/mol. The molecule has 1 aromatic heterocycles. The minimum Gasteiger partial charge on any atom is -0.321 e. The number of carbonyl (C=O) groups excluding carboxylic acids is 1. The van der Waals surface area contributed by atoms with Gasteiger partial charge in [-0.2, -0.15) is 5.10 Å². The Balaban J connectivity index is 1.67.